The van der Waals surface area contributed by atoms with Crippen molar-refractivity contribution in [2.45, 2.75) is 70.6 Å². The van der Waals surface area contributed by atoms with Gasteiger partial charge >= 0.3 is 23.9 Å². The van der Waals surface area contributed by atoms with E-state index in [9.17, 15) is 19.2 Å². The molecule has 69 heavy (non-hydrogen) atoms. The Bertz CT molecular complexity index is 2630. The number of rotatable bonds is 28. The van der Waals surface area contributed by atoms with Crippen LogP contribution in [0.4, 0.5) is 5.13 Å². The Labute approximate surface area is 406 Å². The predicted octanol–water partition coefficient (Wildman–Crippen LogP) is 11.9. The van der Waals surface area contributed by atoms with Crippen LogP contribution in [0.2, 0.25) is 0 Å². The molecule has 0 radical (unpaired) electrons. The molecule has 6 rings (SSSR count). The van der Waals surface area contributed by atoms with E-state index < -0.39 is 23.9 Å². The second-order valence-corrected chi connectivity index (χ2v) is 17.0. The summed E-state index contributed by atoms with van der Waals surface area (Å²) in [6, 6.07) is 34.5. The van der Waals surface area contributed by atoms with Gasteiger partial charge in [-0.15, -0.1) is 0 Å². The van der Waals surface area contributed by atoms with Gasteiger partial charge in [0, 0.05) is 17.7 Å². The van der Waals surface area contributed by atoms with Gasteiger partial charge in [0.2, 0.25) is 5.13 Å². The van der Waals surface area contributed by atoms with E-state index in [4.69, 9.17) is 28.4 Å². The Hall–Kier alpha value is -7.58. The number of carbonyl (C=O) groups excluding carboxylic acids is 4. The first kappa shape index (κ1) is 50.8. The van der Waals surface area contributed by atoms with Crippen LogP contribution in [0.5, 0.6) is 23.0 Å². The number of anilines is 1. The maximum atomic E-state index is 13.3. The van der Waals surface area contributed by atoms with E-state index in [-0.39, 0.29) is 5.92 Å². The SMILES string of the molecule is C=CC(=O)OCCCCCCOc1ccc(C(=O)Oc2ccc(C(C)Cc3ccc(OC(=O)c4ccc(OCCCCCCOC(=O)C=C)cc4)cc3/C=N/Nc3nc4ccccc4s3)cc2)cc1. The van der Waals surface area contributed by atoms with Gasteiger partial charge in [0.25, 0.3) is 0 Å². The lowest BCUT2D eigenvalue weighted by atomic mass is 9.91. The van der Waals surface area contributed by atoms with Crippen molar-refractivity contribution in [3.05, 3.63) is 168 Å². The summed E-state index contributed by atoms with van der Waals surface area (Å²) in [6.45, 7) is 10.7. The summed E-state index contributed by atoms with van der Waals surface area (Å²) < 4.78 is 34.3. The minimum atomic E-state index is -0.510. The molecule has 0 aliphatic heterocycles. The first-order valence-corrected chi connectivity index (χ1v) is 23.8. The van der Waals surface area contributed by atoms with Gasteiger partial charge < -0.3 is 28.4 Å². The topological polar surface area (TPSA) is 161 Å². The summed E-state index contributed by atoms with van der Waals surface area (Å²) in [7, 11) is 0. The molecular weight excluding hydrogens is 895 g/mol. The third kappa shape index (κ3) is 16.9. The highest BCUT2D eigenvalue weighted by Gasteiger charge is 2.16. The average Bonchev–Trinajstić information content (AvgIpc) is 3.79. The molecule has 358 valence electrons. The fourth-order valence-electron chi connectivity index (χ4n) is 7.00. The van der Waals surface area contributed by atoms with Crippen LogP contribution in [0.15, 0.2) is 146 Å². The number of para-hydroxylation sites is 1. The maximum absolute atomic E-state index is 13.3. The molecule has 1 unspecified atom stereocenters. The molecule has 1 aromatic heterocycles. The van der Waals surface area contributed by atoms with E-state index in [0.29, 0.717) is 72.1 Å². The number of esters is 4. The van der Waals surface area contributed by atoms with Gasteiger partial charge in [0.1, 0.15) is 23.0 Å². The zero-order valence-electron chi connectivity index (χ0n) is 38.8. The first-order valence-electron chi connectivity index (χ1n) is 23.0. The number of carbonyl (C=O) groups is 4. The van der Waals surface area contributed by atoms with E-state index in [1.54, 1.807) is 79.0 Å². The molecule has 0 saturated heterocycles. The number of thiazole rings is 1. The first-order chi connectivity index (χ1) is 33.7. The summed E-state index contributed by atoms with van der Waals surface area (Å²) in [5, 5.41) is 5.17. The number of nitrogens with one attached hydrogen (secondary N) is 1. The summed E-state index contributed by atoms with van der Waals surface area (Å²) in [6.07, 6.45) is 11.6. The van der Waals surface area contributed by atoms with Crippen LogP contribution in [0.25, 0.3) is 10.2 Å². The minimum Gasteiger partial charge on any atom is -0.494 e. The standard InChI is InChI=1S/C55H57N3O10S/c1-4-51(59)65-34-14-8-6-12-32-63-45-25-20-41(21-26-45)53(61)67-47-29-18-40(19-30-47)39(3)36-43-24-31-48(37-44(43)38-56-58-55-57-49-16-10-11-17-50(49)69-55)68-54(62)42-22-27-46(28-23-42)64-33-13-7-9-15-35-66-52(60)5-2/h4-5,10-11,16-31,37-39H,1-2,6-9,12-15,32-36H2,3H3,(H,57,58)/b56-38+. The highest BCUT2D eigenvalue weighted by molar-refractivity contribution is 7.22. The molecule has 1 N–H and O–H groups in total. The molecule has 0 spiro atoms. The van der Waals surface area contributed by atoms with Crippen LogP contribution in [-0.4, -0.2) is 61.5 Å². The summed E-state index contributed by atoms with van der Waals surface area (Å²) >= 11 is 1.50. The lowest BCUT2D eigenvalue weighted by Crippen LogP contribution is -2.10. The highest BCUT2D eigenvalue weighted by atomic mass is 32.1. The van der Waals surface area contributed by atoms with E-state index in [0.717, 1.165) is 90.4 Å². The number of unbranched alkanes of at least 4 members (excludes halogenated alkanes) is 6. The largest absolute Gasteiger partial charge is 0.494 e. The van der Waals surface area contributed by atoms with Crippen LogP contribution in [0.3, 0.4) is 0 Å². The molecule has 5 aromatic carbocycles. The molecule has 0 aliphatic carbocycles. The van der Waals surface area contributed by atoms with Crippen LogP contribution in [-0.2, 0) is 25.5 Å². The van der Waals surface area contributed by atoms with Crippen molar-refractivity contribution in [2.75, 3.05) is 31.9 Å². The van der Waals surface area contributed by atoms with Gasteiger partial charge in [-0.3, -0.25) is 5.43 Å². The molecule has 0 fully saturated rings. The van der Waals surface area contributed by atoms with E-state index in [1.165, 1.54) is 11.3 Å². The molecule has 0 amide bonds. The fraction of sp³-hybridized carbons (Fsp3) is 0.273. The molecule has 0 aliphatic rings. The number of hydrazone groups is 1. The third-order valence-electron chi connectivity index (χ3n) is 10.8. The number of benzene rings is 5. The Morgan fingerprint density at radius 1 is 0.623 bits per heavy atom. The van der Waals surface area contributed by atoms with Crippen molar-refractivity contribution in [2.24, 2.45) is 5.10 Å². The molecule has 0 bridgehead atoms. The number of aromatic nitrogens is 1. The molecule has 14 heteroatoms. The minimum absolute atomic E-state index is 0.0526. The van der Waals surface area contributed by atoms with Crippen LogP contribution in [0, 0.1) is 0 Å². The zero-order chi connectivity index (χ0) is 48.6. The molecule has 6 aromatic rings. The quantitative estimate of drug-likeness (QED) is 0.0124. The van der Waals surface area contributed by atoms with E-state index >= 15 is 0 Å². The van der Waals surface area contributed by atoms with Crippen LogP contribution < -0.4 is 24.4 Å². The molecular formula is C55H57N3O10S. The Morgan fingerprint density at radius 3 is 1.68 bits per heavy atom. The lowest BCUT2D eigenvalue weighted by molar-refractivity contribution is -0.138. The smallest absolute Gasteiger partial charge is 0.343 e. The van der Waals surface area contributed by atoms with Gasteiger partial charge in [-0.25, -0.2) is 24.2 Å². The van der Waals surface area contributed by atoms with Crippen molar-refractivity contribution in [3.63, 3.8) is 0 Å². The maximum Gasteiger partial charge on any atom is 0.343 e. The molecule has 1 atom stereocenters. The normalized spacial score (nSPS) is 11.4. The van der Waals surface area contributed by atoms with Crippen molar-refractivity contribution in [1.82, 2.24) is 4.98 Å². The Morgan fingerprint density at radius 2 is 1.13 bits per heavy atom. The average molecular weight is 952 g/mol. The van der Waals surface area contributed by atoms with Crippen molar-refractivity contribution < 1.29 is 47.6 Å². The van der Waals surface area contributed by atoms with Gasteiger partial charge in [-0.1, -0.05) is 61.8 Å². The lowest BCUT2D eigenvalue weighted by Gasteiger charge is -2.16. The molecule has 13 nitrogen and oxygen atoms in total. The van der Waals surface area contributed by atoms with E-state index in [1.807, 2.05) is 42.5 Å². The van der Waals surface area contributed by atoms with Gasteiger partial charge in [-0.2, -0.15) is 5.10 Å². The molecule has 0 saturated carbocycles. The highest BCUT2D eigenvalue weighted by Crippen LogP contribution is 2.29. The number of hydrogen-bond donors (Lipinski definition) is 1. The third-order valence-corrected chi connectivity index (χ3v) is 11.7. The van der Waals surface area contributed by atoms with Crippen LogP contribution in [0.1, 0.15) is 102 Å². The van der Waals surface area contributed by atoms with Crippen molar-refractivity contribution in [3.8, 4) is 23.0 Å². The van der Waals surface area contributed by atoms with Gasteiger partial charge in [-0.05, 0) is 160 Å². The summed E-state index contributed by atoms with van der Waals surface area (Å²) in [4.78, 5) is 53.2. The number of hydrogen-bond acceptors (Lipinski definition) is 14. The second-order valence-electron chi connectivity index (χ2n) is 16.0. The number of ether oxygens (including phenoxy) is 6. The fourth-order valence-corrected chi connectivity index (χ4v) is 7.81. The second kappa shape index (κ2) is 27.3. The van der Waals surface area contributed by atoms with Crippen molar-refractivity contribution in [1.29, 1.82) is 0 Å². The van der Waals surface area contributed by atoms with Crippen molar-refractivity contribution >= 4 is 56.8 Å². The summed E-state index contributed by atoms with van der Waals surface area (Å²) in [5.74, 6) is 0.348. The van der Waals surface area contributed by atoms with Gasteiger partial charge in [0.15, 0.2) is 0 Å². The Balaban J connectivity index is 1.01. The van der Waals surface area contributed by atoms with E-state index in [2.05, 4.69) is 35.6 Å². The zero-order valence-corrected chi connectivity index (χ0v) is 39.6. The number of fused-ring (bicyclic) bond motifs is 1. The molecule has 1 heterocycles. The monoisotopic (exact) mass is 951 g/mol. The van der Waals surface area contributed by atoms with Gasteiger partial charge in [0.05, 0.1) is 54.0 Å². The van der Waals surface area contributed by atoms with Crippen LogP contribution >= 0.6 is 11.3 Å². The summed E-state index contributed by atoms with van der Waals surface area (Å²) in [5.41, 5.74) is 7.48. The Kier molecular flexibility index (Phi) is 20.1. The predicted molar refractivity (Wildman–Crippen MR) is 269 cm³/mol. The number of nitrogens with zero attached hydrogens (tertiary/aromatic N) is 2.